The van der Waals surface area contributed by atoms with Crippen LogP contribution in [0.25, 0.3) is 10.8 Å². The van der Waals surface area contributed by atoms with Crippen molar-refractivity contribution in [3.05, 3.63) is 77.6 Å². The summed E-state index contributed by atoms with van der Waals surface area (Å²) in [5, 5.41) is 12.0. The third-order valence-electron chi connectivity index (χ3n) is 6.73. The zero-order valence-corrected chi connectivity index (χ0v) is 18.8. The number of likely N-dealkylation sites (tertiary alicyclic amines) is 1. The molecule has 0 bridgehead atoms. The average Bonchev–Trinajstić information content (AvgIpc) is 2.85. The number of aliphatic hydroxyl groups excluding tert-OH is 1. The van der Waals surface area contributed by atoms with Gasteiger partial charge in [-0.15, -0.1) is 0 Å². The average molecular weight is 463 g/mol. The Kier molecular flexibility index (Phi) is 6.30. The van der Waals surface area contributed by atoms with E-state index in [0.29, 0.717) is 30.0 Å². The number of halogens is 1. The molecule has 1 fully saturated rings. The second-order valence-electron chi connectivity index (χ2n) is 9.09. The van der Waals surface area contributed by atoms with Crippen LogP contribution < -0.4 is 4.74 Å². The Morgan fingerprint density at radius 1 is 0.941 bits per heavy atom. The Hall–Kier alpha value is -3.29. The number of piperidine rings is 1. The topological polar surface area (TPSA) is 70.1 Å². The van der Waals surface area contributed by atoms with E-state index >= 15 is 0 Å². The van der Waals surface area contributed by atoms with E-state index in [1.807, 2.05) is 24.3 Å². The number of hydrogen-bond donors (Lipinski definition) is 1. The maximum absolute atomic E-state index is 13.1. The third kappa shape index (κ3) is 4.54. The Morgan fingerprint density at radius 3 is 2.18 bits per heavy atom. The number of carbonyl (C=O) groups is 2. The molecule has 3 aromatic rings. The molecule has 6 nitrogen and oxygen atoms in total. The van der Waals surface area contributed by atoms with Crippen LogP contribution in [0.15, 0.2) is 60.7 Å². The Balaban J connectivity index is 1.14. The van der Waals surface area contributed by atoms with Gasteiger partial charge in [0.15, 0.2) is 0 Å². The molecule has 0 saturated carbocycles. The molecule has 2 aliphatic heterocycles. The fraction of sp³-hybridized carbons (Fsp3) is 0.333. The first-order chi connectivity index (χ1) is 16.5. The first kappa shape index (κ1) is 22.5. The predicted molar refractivity (Wildman–Crippen MR) is 126 cm³/mol. The zero-order valence-electron chi connectivity index (χ0n) is 18.8. The maximum Gasteiger partial charge on any atom is 0.261 e. The number of β-amino-alcohol motifs (C(OH)–C–C–N with tert-alkyl or cyclic N) is 1. The van der Waals surface area contributed by atoms with E-state index in [2.05, 4.69) is 4.90 Å². The molecule has 1 atom stereocenters. The van der Waals surface area contributed by atoms with E-state index in [4.69, 9.17) is 4.74 Å². The molecule has 176 valence electrons. The monoisotopic (exact) mass is 462 g/mol. The number of nitrogens with zero attached hydrogens (tertiary/aromatic N) is 2. The van der Waals surface area contributed by atoms with E-state index < -0.39 is 6.10 Å². The third-order valence-corrected chi connectivity index (χ3v) is 6.73. The largest absolute Gasteiger partial charge is 0.491 e. The molecular formula is C27H27FN2O4. The number of benzene rings is 3. The Morgan fingerprint density at radius 2 is 1.56 bits per heavy atom. The minimum Gasteiger partial charge on any atom is -0.491 e. The van der Waals surface area contributed by atoms with Gasteiger partial charge in [-0.25, -0.2) is 4.39 Å². The predicted octanol–water partition coefficient (Wildman–Crippen LogP) is 3.73. The molecule has 7 heteroatoms. The van der Waals surface area contributed by atoms with Gasteiger partial charge in [-0.05, 0) is 73.6 Å². The van der Waals surface area contributed by atoms with Gasteiger partial charge < -0.3 is 14.7 Å². The normalized spacial score (nSPS) is 17.9. The quantitative estimate of drug-likeness (QED) is 0.542. The van der Waals surface area contributed by atoms with E-state index in [-0.39, 0.29) is 30.2 Å². The van der Waals surface area contributed by atoms with E-state index in [1.54, 1.807) is 12.1 Å². The lowest BCUT2D eigenvalue weighted by Crippen LogP contribution is -2.46. The van der Waals surface area contributed by atoms with E-state index in [1.165, 1.54) is 29.2 Å². The van der Waals surface area contributed by atoms with Crippen molar-refractivity contribution >= 4 is 22.6 Å². The lowest BCUT2D eigenvalue weighted by molar-refractivity contribution is 0.0453. The second-order valence-corrected chi connectivity index (χ2v) is 9.09. The minimum absolute atomic E-state index is 0.132. The highest BCUT2D eigenvalue weighted by Crippen LogP contribution is 2.31. The SMILES string of the molecule is O=C1c2cccc3cccc(c23)C(=O)N1CC1CCN(CC(O)COc2ccc(F)cc2)CC1. The van der Waals surface area contributed by atoms with Gasteiger partial charge in [0.2, 0.25) is 0 Å². The lowest BCUT2D eigenvalue weighted by Gasteiger charge is -2.36. The number of amides is 2. The molecule has 0 aromatic heterocycles. The molecule has 0 aliphatic carbocycles. The van der Waals surface area contributed by atoms with Gasteiger partial charge in [0.25, 0.3) is 11.8 Å². The smallest absolute Gasteiger partial charge is 0.261 e. The summed E-state index contributed by atoms with van der Waals surface area (Å²) in [4.78, 5) is 29.8. The van der Waals surface area contributed by atoms with Gasteiger partial charge in [-0.3, -0.25) is 14.5 Å². The van der Waals surface area contributed by atoms with Crippen LogP contribution in [0.5, 0.6) is 5.75 Å². The molecule has 1 N–H and O–H groups in total. The summed E-state index contributed by atoms with van der Waals surface area (Å²) in [5.74, 6) is -0.0197. The zero-order chi connectivity index (χ0) is 23.7. The summed E-state index contributed by atoms with van der Waals surface area (Å²) in [5.41, 5.74) is 1.18. The van der Waals surface area contributed by atoms with E-state index in [0.717, 1.165) is 36.7 Å². The van der Waals surface area contributed by atoms with Gasteiger partial charge in [0, 0.05) is 29.6 Å². The number of aliphatic hydroxyl groups is 1. The lowest BCUT2D eigenvalue weighted by atomic mass is 9.91. The van der Waals surface area contributed by atoms with Crippen molar-refractivity contribution in [2.24, 2.45) is 5.92 Å². The highest BCUT2D eigenvalue weighted by molar-refractivity contribution is 6.25. The first-order valence-electron chi connectivity index (χ1n) is 11.7. The van der Waals surface area contributed by atoms with Crippen molar-refractivity contribution in [3.63, 3.8) is 0 Å². The second kappa shape index (κ2) is 9.52. The van der Waals surface area contributed by atoms with Gasteiger partial charge in [0.1, 0.15) is 24.3 Å². The summed E-state index contributed by atoms with van der Waals surface area (Å²) in [7, 11) is 0. The molecule has 2 heterocycles. The number of hydrogen-bond acceptors (Lipinski definition) is 5. The van der Waals surface area contributed by atoms with Gasteiger partial charge in [-0.2, -0.15) is 0 Å². The van der Waals surface area contributed by atoms with Gasteiger partial charge in [-0.1, -0.05) is 24.3 Å². The molecule has 34 heavy (non-hydrogen) atoms. The molecule has 2 aliphatic rings. The number of carbonyl (C=O) groups excluding carboxylic acids is 2. The Labute approximate surface area is 197 Å². The van der Waals surface area contributed by atoms with Crippen LogP contribution in [0, 0.1) is 11.7 Å². The number of rotatable bonds is 7. The van der Waals surface area contributed by atoms with Crippen molar-refractivity contribution in [3.8, 4) is 5.75 Å². The van der Waals surface area contributed by atoms with Crippen LogP contribution >= 0.6 is 0 Å². The maximum atomic E-state index is 13.1. The summed E-state index contributed by atoms with van der Waals surface area (Å²) in [6, 6.07) is 16.9. The summed E-state index contributed by atoms with van der Waals surface area (Å²) in [6.45, 7) is 2.58. The molecule has 2 amide bonds. The van der Waals surface area contributed by atoms with Crippen LogP contribution in [0.4, 0.5) is 4.39 Å². The van der Waals surface area contributed by atoms with Crippen molar-refractivity contribution < 1.29 is 23.8 Å². The molecule has 3 aromatic carbocycles. The van der Waals surface area contributed by atoms with Gasteiger partial charge in [0.05, 0.1) is 0 Å². The number of imide groups is 1. The van der Waals surface area contributed by atoms with E-state index in [9.17, 15) is 19.1 Å². The molecule has 0 radical (unpaired) electrons. The van der Waals surface area contributed by atoms with Crippen molar-refractivity contribution in [2.45, 2.75) is 18.9 Å². The summed E-state index contributed by atoms with van der Waals surface area (Å²) >= 11 is 0. The standard InChI is InChI=1S/C27H27FN2O4/c28-20-7-9-22(10-8-20)34-17-21(31)16-29-13-11-18(12-14-29)15-30-26(32)23-5-1-3-19-4-2-6-24(25(19)23)27(30)33/h1-10,18,21,31H,11-17H2. The summed E-state index contributed by atoms with van der Waals surface area (Å²) in [6.07, 6.45) is 1.02. The molecule has 0 spiro atoms. The molecular weight excluding hydrogens is 435 g/mol. The fourth-order valence-electron chi connectivity index (χ4n) is 4.93. The first-order valence-corrected chi connectivity index (χ1v) is 11.7. The van der Waals surface area contributed by atoms with Crippen LogP contribution in [-0.2, 0) is 0 Å². The van der Waals surface area contributed by atoms with Crippen molar-refractivity contribution in [2.75, 3.05) is 32.8 Å². The molecule has 1 unspecified atom stereocenters. The van der Waals surface area contributed by atoms with Gasteiger partial charge >= 0.3 is 0 Å². The van der Waals surface area contributed by atoms with Crippen LogP contribution in [0.1, 0.15) is 33.6 Å². The molecule has 5 rings (SSSR count). The fourth-order valence-corrected chi connectivity index (χ4v) is 4.93. The number of ether oxygens (including phenoxy) is 1. The van der Waals surface area contributed by atoms with Crippen LogP contribution in [0.2, 0.25) is 0 Å². The molecule has 1 saturated heterocycles. The summed E-state index contributed by atoms with van der Waals surface area (Å²) < 4.78 is 18.5. The van der Waals surface area contributed by atoms with Crippen LogP contribution in [0.3, 0.4) is 0 Å². The Bertz CT molecular complexity index is 1150. The van der Waals surface area contributed by atoms with Crippen molar-refractivity contribution in [1.82, 2.24) is 9.80 Å². The van der Waals surface area contributed by atoms with Crippen LogP contribution in [-0.4, -0.2) is 65.6 Å². The minimum atomic E-state index is -0.663. The highest BCUT2D eigenvalue weighted by atomic mass is 19.1. The highest BCUT2D eigenvalue weighted by Gasteiger charge is 2.34. The van der Waals surface area contributed by atoms with Crippen molar-refractivity contribution in [1.29, 1.82) is 0 Å².